The molecule has 5 rings (SSSR count). The molecule has 1 N–H and O–H groups in total. The van der Waals surface area contributed by atoms with Crippen molar-refractivity contribution in [3.05, 3.63) is 60.4 Å². The maximum atomic E-state index is 13.1. The summed E-state index contributed by atoms with van der Waals surface area (Å²) in [5.41, 5.74) is 2.36. The molecular formula is C20H20FN5O. The van der Waals surface area contributed by atoms with Crippen LogP contribution in [0.5, 0.6) is 0 Å². The van der Waals surface area contributed by atoms with Crippen molar-refractivity contribution in [2.45, 2.75) is 43.8 Å². The molecule has 2 aromatic heterocycles. The zero-order chi connectivity index (χ0) is 18.4. The molecule has 3 aromatic rings. The number of amides is 1. The monoisotopic (exact) mass is 365 g/mol. The average molecular weight is 365 g/mol. The first-order valence-corrected chi connectivity index (χ1v) is 9.32. The minimum absolute atomic E-state index is 0.0442. The van der Waals surface area contributed by atoms with Gasteiger partial charge in [-0.3, -0.25) is 4.79 Å². The number of halogens is 1. The molecule has 1 amide bonds. The Balaban J connectivity index is 1.35. The number of carbonyl (C=O) groups is 1. The Morgan fingerprint density at radius 3 is 2.33 bits per heavy atom. The largest absolute Gasteiger partial charge is 0.357 e. The Hall–Kier alpha value is -2.96. The maximum absolute atomic E-state index is 13.1. The third-order valence-electron chi connectivity index (χ3n) is 5.80. The van der Waals surface area contributed by atoms with Gasteiger partial charge in [0, 0.05) is 18.3 Å². The minimum atomic E-state index is -0.267. The Kier molecular flexibility index (Phi) is 3.81. The summed E-state index contributed by atoms with van der Waals surface area (Å²) in [6.07, 6.45) is 9.05. The number of carbonyl (C=O) groups excluding carboxylic acids is 1. The van der Waals surface area contributed by atoms with Crippen LogP contribution in [0.1, 0.15) is 42.2 Å². The van der Waals surface area contributed by atoms with E-state index in [0.29, 0.717) is 5.69 Å². The first kappa shape index (κ1) is 16.2. The average Bonchev–Trinajstić information content (AvgIpc) is 3.42. The van der Waals surface area contributed by atoms with Crippen molar-refractivity contribution in [1.29, 1.82) is 0 Å². The SMILES string of the molecule is O=C(c1cc(-c2ccc(F)cc2)c[nH]1)N1C2CCC1CC(n1nccn1)C2. The zero-order valence-electron chi connectivity index (χ0n) is 14.8. The van der Waals surface area contributed by atoms with Crippen molar-refractivity contribution in [3.63, 3.8) is 0 Å². The van der Waals surface area contributed by atoms with Gasteiger partial charge in [0.2, 0.25) is 0 Å². The number of benzene rings is 1. The van der Waals surface area contributed by atoms with Gasteiger partial charge < -0.3 is 9.88 Å². The van der Waals surface area contributed by atoms with Crippen LogP contribution in [0.4, 0.5) is 4.39 Å². The van der Waals surface area contributed by atoms with Gasteiger partial charge in [0.15, 0.2) is 0 Å². The number of nitrogens with zero attached hydrogens (tertiary/aromatic N) is 4. The lowest BCUT2D eigenvalue weighted by Crippen LogP contribution is -2.47. The van der Waals surface area contributed by atoms with Crippen LogP contribution in [0.2, 0.25) is 0 Å². The molecule has 2 aliphatic rings. The molecular weight excluding hydrogens is 345 g/mol. The van der Waals surface area contributed by atoms with Crippen LogP contribution in [0.15, 0.2) is 48.9 Å². The van der Waals surface area contributed by atoms with Crippen LogP contribution in [0, 0.1) is 5.82 Å². The Morgan fingerprint density at radius 1 is 1.00 bits per heavy atom. The maximum Gasteiger partial charge on any atom is 0.270 e. The standard InChI is InChI=1S/C20H20FN5O/c21-15-3-1-13(2-4-15)14-9-19(22-12-14)20(27)25-16-5-6-17(25)11-18(10-16)26-23-7-8-24-26/h1-4,7-9,12,16-18,22H,5-6,10-11H2. The van der Waals surface area contributed by atoms with E-state index in [2.05, 4.69) is 15.2 Å². The number of fused-ring (bicyclic) bond motifs is 2. The van der Waals surface area contributed by atoms with Crippen LogP contribution < -0.4 is 0 Å². The number of H-pyrrole nitrogens is 1. The molecule has 0 spiro atoms. The number of hydrogen-bond acceptors (Lipinski definition) is 3. The van der Waals surface area contributed by atoms with Gasteiger partial charge in [0.05, 0.1) is 18.4 Å². The molecule has 1 aromatic carbocycles. The molecule has 4 heterocycles. The smallest absolute Gasteiger partial charge is 0.270 e. The van der Waals surface area contributed by atoms with Crippen LogP contribution in [0.25, 0.3) is 11.1 Å². The Labute approximate surface area is 156 Å². The van der Waals surface area contributed by atoms with Crippen LogP contribution in [-0.2, 0) is 0 Å². The number of aromatic amines is 1. The molecule has 138 valence electrons. The molecule has 2 atom stereocenters. The van der Waals surface area contributed by atoms with E-state index in [4.69, 9.17) is 0 Å². The van der Waals surface area contributed by atoms with Crippen LogP contribution in [0.3, 0.4) is 0 Å². The third kappa shape index (κ3) is 2.83. The number of aromatic nitrogens is 4. The van der Waals surface area contributed by atoms with Crippen LogP contribution in [-0.4, -0.2) is 42.9 Å². The zero-order valence-corrected chi connectivity index (χ0v) is 14.8. The fraction of sp³-hybridized carbons (Fsp3) is 0.350. The molecule has 2 saturated heterocycles. The van der Waals surface area contributed by atoms with Gasteiger partial charge in [-0.25, -0.2) is 4.39 Å². The van der Waals surface area contributed by atoms with E-state index in [1.54, 1.807) is 29.3 Å². The van der Waals surface area contributed by atoms with Crippen molar-refractivity contribution in [2.75, 3.05) is 0 Å². The van der Waals surface area contributed by atoms with E-state index in [9.17, 15) is 9.18 Å². The van der Waals surface area contributed by atoms with Gasteiger partial charge in [-0.05, 0) is 55.0 Å². The quantitative estimate of drug-likeness (QED) is 0.773. The predicted octanol–water partition coefficient (Wildman–Crippen LogP) is 3.42. The summed E-state index contributed by atoms with van der Waals surface area (Å²) in [4.78, 5) is 20.1. The molecule has 2 bridgehead atoms. The van der Waals surface area contributed by atoms with Crippen molar-refractivity contribution in [3.8, 4) is 11.1 Å². The highest BCUT2D eigenvalue weighted by Crippen LogP contribution is 2.41. The fourth-order valence-corrected chi connectivity index (χ4v) is 4.55. The van der Waals surface area contributed by atoms with Gasteiger partial charge in [-0.15, -0.1) is 0 Å². The van der Waals surface area contributed by atoms with Crippen molar-refractivity contribution < 1.29 is 9.18 Å². The number of rotatable bonds is 3. The number of nitrogens with one attached hydrogen (secondary N) is 1. The van der Waals surface area contributed by atoms with Crippen molar-refractivity contribution >= 4 is 5.91 Å². The third-order valence-corrected chi connectivity index (χ3v) is 5.80. The molecule has 7 heteroatoms. The number of hydrogen-bond donors (Lipinski definition) is 1. The Morgan fingerprint density at radius 2 is 1.67 bits per heavy atom. The fourth-order valence-electron chi connectivity index (χ4n) is 4.55. The van der Waals surface area contributed by atoms with Gasteiger partial charge in [-0.1, -0.05) is 12.1 Å². The van der Waals surface area contributed by atoms with Crippen LogP contribution >= 0.6 is 0 Å². The van der Waals surface area contributed by atoms with E-state index in [1.807, 2.05) is 17.2 Å². The second-order valence-electron chi connectivity index (χ2n) is 7.38. The number of piperidine rings is 1. The molecule has 0 saturated carbocycles. The first-order valence-electron chi connectivity index (χ1n) is 9.32. The summed E-state index contributed by atoms with van der Waals surface area (Å²) in [6, 6.07) is 8.87. The highest BCUT2D eigenvalue weighted by molar-refractivity contribution is 5.94. The Bertz CT molecular complexity index is 935. The van der Waals surface area contributed by atoms with Gasteiger partial charge in [0.1, 0.15) is 11.5 Å². The summed E-state index contributed by atoms with van der Waals surface area (Å²) in [6.45, 7) is 0. The highest BCUT2D eigenvalue weighted by Gasteiger charge is 2.44. The minimum Gasteiger partial charge on any atom is -0.357 e. The predicted molar refractivity (Wildman–Crippen MR) is 97.5 cm³/mol. The highest BCUT2D eigenvalue weighted by atomic mass is 19.1. The molecule has 0 radical (unpaired) electrons. The van der Waals surface area contributed by atoms with Crippen molar-refractivity contribution in [2.24, 2.45) is 0 Å². The lowest BCUT2D eigenvalue weighted by atomic mass is 9.97. The second kappa shape index (κ2) is 6.33. The van der Waals surface area contributed by atoms with E-state index in [0.717, 1.165) is 36.8 Å². The van der Waals surface area contributed by atoms with E-state index >= 15 is 0 Å². The second-order valence-corrected chi connectivity index (χ2v) is 7.38. The van der Waals surface area contributed by atoms with E-state index < -0.39 is 0 Å². The van der Waals surface area contributed by atoms with Crippen molar-refractivity contribution in [1.82, 2.24) is 24.9 Å². The topological polar surface area (TPSA) is 66.8 Å². The lowest BCUT2D eigenvalue weighted by Gasteiger charge is -2.38. The summed E-state index contributed by atoms with van der Waals surface area (Å²) in [7, 11) is 0. The molecule has 2 fully saturated rings. The van der Waals surface area contributed by atoms with Gasteiger partial charge in [-0.2, -0.15) is 15.0 Å². The lowest BCUT2D eigenvalue weighted by molar-refractivity contribution is 0.0507. The summed E-state index contributed by atoms with van der Waals surface area (Å²) < 4.78 is 13.1. The van der Waals surface area contributed by atoms with E-state index in [-0.39, 0.29) is 29.8 Å². The molecule has 2 unspecified atom stereocenters. The summed E-state index contributed by atoms with van der Waals surface area (Å²) in [5, 5.41) is 8.55. The summed E-state index contributed by atoms with van der Waals surface area (Å²) >= 11 is 0. The summed E-state index contributed by atoms with van der Waals surface area (Å²) in [5.74, 6) is -0.223. The van der Waals surface area contributed by atoms with Gasteiger partial charge >= 0.3 is 0 Å². The van der Waals surface area contributed by atoms with E-state index in [1.165, 1.54) is 12.1 Å². The first-order chi connectivity index (χ1) is 13.2. The van der Waals surface area contributed by atoms with Gasteiger partial charge in [0.25, 0.3) is 5.91 Å². The normalized spacial score (nSPS) is 24.3. The molecule has 6 nitrogen and oxygen atoms in total. The molecule has 0 aliphatic carbocycles. The molecule has 27 heavy (non-hydrogen) atoms. The molecule has 2 aliphatic heterocycles.